The molecule has 4 nitrogen and oxygen atoms in total. The van der Waals surface area contributed by atoms with E-state index >= 15 is 0 Å². The first-order valence-electron chi connectivity index (χ1n) is 7.36. The second kappa shape index (κ2) is 5.75. The van der Waals surface area contributed by atoms with Gasteiger partial charge in [-0.25, -0.2) is 0 Å². The zero-order valence-corrected chi connectivity index (χ0v) is 11.5. The number of hydrogen-bond donors (Lipinski definition) is 1. The standard InChI is InChI=1S/C16H20N2O2/c19-15(12-5-2-1-3-6-12)16(20)17-14-8-10-18-9-4-7-13(14)11-18/h1-3,5-6,13-14H,4,7-11H2,(H,17,20). The number of benzene rings is 1. The van der Waals surface area contributed by atoms with Crippen LogP contribution in [0.2, 0.25) is 0 Å². The summed E-state index contributed by atoms with van der Waals surface area (Å²) in [5.41, 5.74) is 0.464. The molecule has 0 aliphatic carbocycles. The van der Waals surface area contributed by atoms with Crippen LogP contribution in [0.4, 0.5) is 0 Å². The van der Waals surface area contributed by atoms with Gasteiger partial charge in [-0.3, -0.25) is 9.59 Å². The molecule has 2 fully saturated rings. The van der Waals surface area contributed by atoms with Gasteiger partial charge < -0.3 is 10.2 Å². The summed E-state index contributed by atoms with van der Waals surface area (Å²) in [7, 11) is 0. The summed E-state index contributed by atoms with van der Waals surface area (Å²) in [6.45, 7) is 3.27. The maximum absolute atomic E-state index is 12.1. The van der Waals surface area contributed by atoms with Gasteiger partial charge >= 0.3 is 0 Å². The zero-order chi connectivity index (χ0) is 13.9. The molecule has 0 radical (unpaired) electrons. The van der Waals surface area contributed by atoms with Crippen molar-refractivity contribution in [2.75, 3.05) is 19.6 Å². The molecular formula is C16H20N2O2. The summed E-state index contributed by atoms with van der Waals surface area (Å²) < 4.78 is 0. The van der Waals surface area contributed by atoms with Crippen LogP contribution in [0.25, 0.3) is 0 Å². The number of rotatable bonds is 3. The van der Waals surface area contributed by atoms with Gasteiger partial charge in [0, 0.05) is 24.7 Å². The Labute approximate surface area is 119 Å². The Kier molecular flexibility index (Phi) is 3.83. The average molecular weight is 272 g/mol. The molecule has 0 saturated carbocycles. The number of amides is 1. The number of ketones is 1. The Morgan fingerprint density at radius 1 is 1.10 bits per heavy atom. The highest BCUT2D eigenvalue weighted by Crippen LogP contribution is 2.26. The van der Waals surface area contributed by atoms with Crippen LogP contribution in [-0.4, -0.2) is 42.3 Å². The number of nitrogens with one attached hydrogen (secondary N) is 1. The highest BCUT2D eigenvalue weighted by molar-refractivity contribution is 6.42. The SMILES string of the molecule is O=C(NC1CCN2CCCC1C2)C(=O)c1ccccc1. The van der Waals surface area contributed by atoms with E-state index in [1.807, 2.05) is 6.07 Å². The highest BCUT2D eigenvalue weighted by atomic mass is 16.2. The minimum atomic E-state index is -0.458. The van der Waals surface area contributed by atoms with Crippen molar-refractivity contribution in [1.82, 2.24) is 10.2 Å². The van der Waals surface area contributed by atoms with Gasteiger partial charge in [0.15, 0.2) is 0 Å². The molecule has 0 aromatic heterocycles. The van der Waals surface area contributed by atoms with Crippen LogP contribution in [0.3, 0.4) is 0 Å². The molecule has 1 amide bonds. The molecule has 20 heavy (non-hydrogen) atoms. The first kappa shape index (κ1) is 13.3. The van der Waals surface area contributed by atoms with Crippen LogP contribution in [0, 0.1) is 5.92 Å². The zero-order valence-electron chi connectivity index (χ0n) is 11.5. The van der Waals surface area contributed by atoms with Crippen molar-refractivity contribution >= 4 is 11.7 Å². The minimum Gasteiger partial charge on any atom is -0.346 e. The number of carbonyl (C=O) groups is 2. The second-order valence-corrected chi connectivity index (χ2v) is 5.77. The number of hydrogen-bond acceptors (Lipinski definition) is 3. The van der Waals surface area contributed by atoms with E-state index in [-0.39, 0.29) is 6.04 Å². The van der Waals surface area contributed by atoms with Gasteiger partial charge in [0.25, 0.3) is 5.91 Å². The molecule has 0 spiro atoms. The van der Waals surface area contributed by atoms with Crippen LogP contribution in [0.1, 0.15) is 29.6 Å². The van der Waals surface area contributed by atoms with E-state index in [4.69, 9.17) is 0 Å². The second-order valence-electron chi connectivity index (χ2n) is 5.77. The van der Waals surface area contributed by atoms with Crippen molar-refractivity contribution in [2.24, 2.45) is 5.92 Å². The molecule has 1 aromatic carbocycles. The van der Waals surface area contributed by atoms with Gasteiger partial charge in [-0.1, -0.05) is 30.3 Å². The quantitative estimate of drug-likeness (QED) is 0.669. The largest absolute Gasteiger partial charge is 0.346 e. The van der Waals surface area contributed by atoms with Crippen LogP contribution in [-0.2, 0) is 4.79 Å². The van der Waals surface area contributed by atoms with E-state index in [9.17, 15) is 9.59 Å². The summed E-state index contributed by atoms with van der Waals surface area (Å²) in [5.74, 6) is -0.380. The number of Topliss-reactive ketones (excluding diaryl/α,β-unsaturated/α-hetero) is 1. The van der Waals surface area contributed by atoms with Crippen molar-refractivity contribution in [3.8, 4) is 0 Å². The molecule has 3 atom stereocenters. The van der Waals surface area contributed by atoms with Crippen molar-refractivity contribution in [2.45, 2.75) is 25.3 Å². The van der Waals surface area contributed by atoms with Crippen LogP contribution < -0.4 is 5.32 Å². The van der Waals surface area contributed by atoms with E-state index in [1.165, 1.54) is 13.0 Å². The lowest BCUT2D eigenvalue weighted by Crippen LogP contribution is -2.54. The molecule has 2 aliphatic rings. The summed E-state index contributed by atoms with van der Waals surface area (Å²) in [4.78, 5) is 26.6. The number of nitrogens with zero attached hydrogens (tertiary/aromatic N) is 1. The lowest BCUT2D eigenvalue weighted by molar-refractivity contribution is -0.118. The lowest BCUT2D eigenvalue weighted by atomic mass is 9.85. The third-order valence-electron chi connectivity index (χ3n) is 4.43. The van der Waals surface area contributed by atoms with Crippen molar-refractivity contribution < 1.29 is 9.59 Å². The van der Waals surface area contributed by atoms with E-state index in [0.29, 0.717) is 11.5 Å². The predicted octanol–water partition coefficient (Wildman–Crippen LogP) is 1.47. The van der Waals surface area contributed by atoms with Gasteiger partial charge in [-0.2, -0.15) is 0 Å². The van der Waals surface area contributed by atoms with E-state index in [0.717, 1.165) is 25.9 Å². The minimum absolute atomic E-state index is 0.159. The molecule has 2 aliphatic heterocycles. The van der Waals surface area contributed by atoms with Crippen LogP contribution in [0.5, 0.6) is 0 Å². The van der Waals surface area contributed by atoms with Crippen LogP contribution in [0.15, 0.2) is 30.3 Å². The highest BCUT2D eigenvalue weighted by Gasteiger charge is 2.33. The lowest BCUT2D eigenvalue weighted by Gasteiger charge is -2.42. The molecule has 2 saturated heterocycles. The molecule has 3 unspecified atom stereocenters. The fourth-order valence-electron chi connectivity index (χ4n) is 3.32. The van der Waals surface area contributed by atoms with Gasteiger partial charge in [0.2, 0.25) is 5.78 Å². The first-order chi connectivity index (χ1) is 9.74. The fourth-order valence-corrected chi connectivity index (χ4v) is 3.32. The van der Waals surface area contributed by atoms with Crippen LogP contribution >= 0.6 is 0 Å². The third kappa shape index (κ3) is 2.75. The molecule has 106 valence electrons. The molecule has 1 aromatic rings. The molecule has 2 heterocycles. The third-order valence-corrected chi connectivity index (χ3v) is 4.43. The van der Waals surface area contributed by atoms with Crippen molar-refractivity contribution in [1.29, 1.82) is 0 Å². The number of fused-ring (bicyclic) bond motifs is 2. The molecular weight excluding hydrogens is 252 g/mol. The Morgan fingerprint density at radius 2 is 1.90 bits per heavy atom. The fraction of sp³-hybridized carbons (Fsp3) is 0.500. The normalized spacial score (nSPS) is 28.7. The number of piperidine rings is 2. The Balaban J connectivity index is 1.62. The molecule has 1 N–H and O–H groups in total. The monoisotopic (exact) mass is 272 g/mol. The van der Waals surface area contributed by atoms with E-state index < -0.39 is 11.7 Å². The topological polar surface area (TPSA) is 49.4 Å². The van der Waals surface area contributed by atoms with Crippen molar-refractivity contribution in [3.05, 3.63) is 35.9 Å². The average Bonchev–Trinajstić information content (AvgIpc) is 2.50. The maximum atomic E-state index is 12.1. The summed E-state index contributed by atoms with van der Waals surface area (Å²) in [6.07, 6.45) is 3.31. The van der Waals surface area contributed by atoms with E-state index in [2.05, 4.69) is 10.2 Å². The Bertz CT molecular complexity index is 500. The van der Waals surface area contributed by atoms with E-state index in [1.54, 1.807) is 24.3 Å². The van der Waals surface area contributed by atoms with Gasteiger partial charge in [-0.15, -0.1) is 0 Å². The molecule has 4 heteroatoms. The summed E-state index contributed by atoms with van der Waals surface area (Å²) in [6, 6.07) is 8.93. The Morgan fingerprint density at radius 3 is 2.70 bits per heavy atom. The van der Waals surface area contributed by atoms with Crippen molar-refractivity contribution in [3.63, 3.8) is 0 Å². The first-order valence-corrected chi connectivity index (χ1v) is 7.36. The van der Waals surface area contributed by atoms with Gasteiger partial charge in [0.1, 0.15) is 0 Å². The predicted molar refractivity (Wildman–Crippen MR) is 76.5 cm³/mol. The number of carbonyl (C=O) groups excluding carboxylic acids is 2. The maximum Gasteiger partial charge on any atom is 0.292 e. The summed E-state index contributed by atoms with van der Waals surface area (Å²) in [5, 5.41) is 2.96. The van der Waals surface area contributed by atoms with Gasteiger partial charge in [-0.05, 0) is 31.7 Å². The molecule has 3 rings (SSSR count). The Hall–Kier alpha value is -1.68. The van der Waals surface area contributed by atoms with Gasteiger partial charge in [0.05, 0.1) is 0 Å². The smallest absolute Gasteiger partial charge is 0.292 e. The molecule has 2 bridgehead atoms. The summed E-state index contributed by atoms with van der Waals surface area (Å²) >= 11 is 0.